The molecule has 5 unspecified atom stereocenters. The fraction of sp³-hybridized carbons (Fsp3) is 1.00. The van der Waals surface area contributed by atoms with Crippen molar-refractivity contribution in [2.45, 2.75) is 53.0 Å². The van der Waals surface area contributed by atoms with Crippen LogP contribution >= 0.6 is 0 Å². The smallest absolute Gasteiger partial charge is 0.0124 e. The summed E-state index contributed by atoms with van der Waals surface area (Å²) >= 11 is 0. The summed E-state index contributed by atoms with van der Waals surface area (Å²) in [6.45, 7) is 14.7. The molecule has 0 amide bonds. The van der Waals surface area contributed by atoms with Crippen LogP contribution in [-0.4, -0.2) is 37.1 Å². The molecule has 18 heavy (non-hydrogen) atoms. The first-order chi connectivity index (χ1) is 8.58. The van der Waals surface area contributed by atoms with E-state index in [4.69, 9.17) is 0 Å². The zero-order chi connectivity index (χ0) is 13.1. The minimum absolute atomic E-state index is 0.793. The summed E-state index contributed by atoms with van der Waals surface area (Å²) in [4.78, 5) is 2.83. The van der Waals surface area contributed by atoms with Gasteiger partial charge in [0.2, 0.25) is 0 Å². The van der Waals surface area contributed by atoms with Gasteiger partial charge in [0.1, 0.15) is 0 Å². The van der Waals surface area contributed by atoms with E-state index in [2.05, 4.69) is 37.9 Å². The molecule has 2 heteroatoms. The molecule has 2 nitrogen and oxygen atoms in total. The van der Waals surface area contributed by atoms with Gasteiger partial charge in [-0.2, -0.15) is 0 Å². The fourth-order valence-electron chi connectivity index (χ4n) is 3.92. The van der Waals surface area contributed by atoms with Gasteiger partial charge in [-0.1, -0.05) is 40.5 Å². The molecule has 1 aliphatic carbocycles. The molecule has 0 aromatic carbocycles. The third kappa shape index (κ3) is 3.48. The van der Waals surface area contributed by atoms with Crippen LogP contribution in [0.5, 0.6) is 0 Å². The Morgan fingerprint density at radius 1 is 0.889 bits per heavy atom. The maximum Gasteiger partial charge on any atom is 0.0124 e. The predicted octanol–water partition coefficient (Wildman–Crippen LogP) is 2.99. The minimum atomic E-state index is 0.793. The van der Waals surface area contributed by atoms with Crippen LogP contribution < -0.4 is 5.32 Å². The van der Waals surface area contributed by atoms with Gasteiger partial charge in [-0.05, 0) is 43.2 Å². The van der Waals surface area contributed by atoms with Crippen molar-refractivity contribution in [1.29, 1.82) is 0 Å². The van der Waals surface area contributed by atoms with Gasteiger partial charge in [0.25, 0.3) is 0 Å². The Morgan fingerprint density at radius 2 is 1.50 bits per heavy atom. The Kier molecular flexibility index (Phi) is 5.08. The second-order valence-corrected chi connectivity index (χ2v) is 7.16. The predicted molar refractivity (Wildman–Crippen MR) is 78.7 cm³/mol. The molecule has 0 radical (unpaired) electrons. The van der Waals surface area contributed by atoms with Crippen molar-refractivity contribution in [3.8, 4) is 0 Å². The zero-order valence-corrected chi connectivity index (χ0v) is 12.8. The van der Waals surface area contributed by atoms with Gasteiger partial charge in [-0.15, -0.1) is 0 Å². The van der Waals surface area contributed by atoms with Crippen molar-refractivity contribution in [2.75, 3.05) is 26.2 Å². The van der Waals surface area contributed by atoms with Gasteiger partial charge in [0.15, 0.2) is 0 Å². The maximum atomic E-state index is 3.60. The molecule has 106 valence electrons. The second kappa shape index (κ2) is 6.38. The third-order valence-electron chi connectivity index (χ3n) is 5.21. The quantitative estimate of drug-likeness (QED) is 0.772. The Balaban J connectivity index is 2.02. The lowest BCUT2D eigenvalue weighted by Gasteiger charge is -2.44. The summed E-state index contributed by atoms with van der Waals surface area (Å²) in [5, 5.41) is 3.60. The number of hydrogen-bond acceptors (Lipinski definition) is 2. The molecule has 0 spiro atoms. The first-order valence-corrected chi connectivity index (χ1v) is 8.02. The van der Waals surface area contributed by atoms with Crippen LogP contribution in [0.25, 0.3) is 0 Å². The lowest BCUT2D eigenvalue weighted by molar-refractivity contribution is 0.0525. The van der Waals surface area contributed by atoms with Crippen LogP contribution in [0.3, 0.4) is 0 Å². The molecule has 1 N–H and O–H groups in total. The molecule has 1 saturated carbocycles. The SMILES string of the molecule is CC1CNCC(C)CN(C2CCCC(C)C2C)C1. The van der Waals surface area contributed by atoms with Gasteiger partial charge in [0, 0.05) is 19.1 Å². The molecule has 1 saturated heterocycles. The van der Waals surface area contributed by atoms with Crippen molar-refractivity contribution >= 4 is 0 Å². The summed E-state index contributed by atoms with van der Waals surface area (Å²) in [7, 11) is 0. The van der Waals surface area contributed by atoms with Crippen molar-refractivity contribution in [3.63, 3.8) is 0 Å². The highest BCUT2D eigenvalue weighted by Crippen LogP contribution is 2.33. The van der Waals surface area contributed by atoms with E-state index in [1.54, 1.807) is 0 Å². The van der Waals surface area contributed by atoms with E-state index in [1.807, 2.05) is 0 Å². The highest BCUT2D eigenvalue weighted by atomic mass is 15.2. The van der Waals surface area contributed by atoms with E-state index in [1.165, 1.54) is 45.4 Å². The van der Waals surface area contributed by atoms with Crippen molar-refractivity contribution in [1.82, 2.24) is 10.2 Å². The van der Waals surface area contributed by atoms with Crippen LogP contribution in [0, 0.1) is 23.7 Å². The molecule has 0 aromatic heterocycles. The lowest BCUT2D eigenvalue weighted by atomic mass is 9.77. The van der Waals surface area contributed by atoms with Gasteiger partial charge in [0.05, 0.1) is 0 Å². The Bertz CT molecular complexity index is 241. The van der Waals surface area contributed by atoms with E-state index >= 15 is 0 Å². The molecule has 2 aliphatic rings. The van der Waals surface area contributed by atoms with Crippen molar-refractivity contribution < 1.29 is 0 Å². The van der Waals surface area contributed by atoms with E-state index < -0.39 is 0 Å². The number of nitrogens with one attached hydrogen (secondary N) is 1. The molecule has 1 aliphatic heterocycles. The van der Waals surface area contributed by atoms with E-state index in [0.717, 1.165) is 29.7 Å². The molecule has 0 bridgehead atoms. The van der Waals surface area contributed by atoms with Crippen molar-refractivity contribution in [2.24, 2.45) is 23.7 Å². The van der Waals surface area contributed by atoms with E-state index in [0.29, 0.717) is 0 Å². The summed E-state index contributed by atoms with van der Waals surface area (Å²) in [6.07, 6.45) is 4.31. The van der Waals surface area contributed by atoms with Crippen LogP contribution in [-0.2, 0) is 0 Å². The fourth-order valence-corrected chi connectivity index (χ4v) is 3.92. The van der Waals surface area contributed by atoms with Crippen LogP contribution in [0.15, 0.2) is 0 Å². The van der Waals surface area contributed by atoms with Crippen molar-refractivity contribution in [3.05, 3.63) is 0 Å². The van der Waals surface area contributed by atoms with E-state index in [9.17, 15) is 0 Å². The van der Waals surface area contributed by atoms with E-state index in [-0.39, 0.29) is 0 Å². The number of hydrogen-bond donors (Lipinski definition) is 1. The molecular weight excluding hydrogens is 220 g/mol. The topological polar surface area (TPSA) is 15.3 Å². The zero-order valence-electron chi connectivity index (χ0n) is 12.8. The molecular formula is C16H32N2. The second-order valence-electron chi connectivity index (χ2n) is 7.16. The summed E-state index contributed by atoms with van der Waals surface area (Å²) in [6, 6.07) is 0.844. The average Bonchev–Trinajstić information content (AvgIpc) is 2.30. The molecule has 5 atom stereocenters. The highest BCUT2D eigenvalue weighted by molar-refractivity contribution is 4.87. The monoisotopic (exact) mass is 252 g/mol. The van der Waals surface area contributed by atoms with Gasteiger partial charge in [-0.25, -0.2) is 0 Å². The lowest BCUT2D eigenvalue weighted by Crippen LogP contribution is -2.51. The largest absolute Gasteiger partial charge is 0.316 e. The van der Waals surface area contributed by atoms with Crippen LogP contribution in [0.4, 0.5) is 0 Å². The normalized spacial score (nSPS) is 44.3. The minimum Gasteiger partial charge on any atom is -0.316 e. The first kappa shape index (κ1) is 14.3. The Labute approximate surface area is 114 Å². The molecule has 2 rings (SSSR count). The molecule has 2 fully saturated rings. The maximum absolute atomic E-state index is 3.60. The Morgan fingerprint density at radius 3 is 2.11 bits per heavy atom. The highest BCUT2D eigenvalue weighted by Gasteiger charge is 2.33. The third-order valence-corrected chi connectivity index (χ3v) is 5.21. The number of nitrogens with zero attached hydrogens (tertiary/aromatic N) is 1. The average molecular weight is 252 g/mol. The summed E-state index contributed by atoms with van der Waals surface area (Å²) in [5.41, 5.74) is 0. The van der Waals surface area contributed by atoms with Crippen LogP contribution in [0.1, 0.15) is 47.0 Å². The van der Waals surface area contributed by atoms with Gasteiger partial charge < -0.3 is 5.32 Å². The summed E-state index contributed by atoms with van der Waals surface area (Å²) < 4.78 is 0. The number of rotatable bonds is 1. The standard InChI is InChI=1S/C16H32N2/c1-12-8-17-9-13(2)11-18(10-12)16-7-5-6-14(3)15(16)4/h12-17H,5-11H2,1-4H3. The Hall–Kier alpha value is -0.0800. The summed E-state index contributed by atoms with van der Waals surface area (Å²) in [5.74, 6) is 3.38. The molecule has 1 heterocycles. The van der Waals surface area contributed by atoms with Crippen LogP contribution in [0.2, 0.25) is 0 Å². The van der Waals surface area contributed by atoms with Gasteiger partial charge in [-0.3, -0.25) is 4.90 Å². The first-order valence-electron chi connectivity index (χ1n) is 8.02. The van der Waals surface area contributed by atoms with Gasteiger partial charge >= 0.3 is 0 Å². The molecule has 0 aromatic rings.